The van der Waals surface area contributed by atoms with Crippen LogP contribution in [0.3, 0.4) is 0 Å². The van der Waals surface area contributed by atoms with E-state index in [2.05, 4.69) is 48.3 Å². The summed E-state index contributed by atoms with van der Waals surface area (Å²) in [5.74, 6) is 5.61. The molecule has 180 valence electrons. The van der Waals surface area contributed by atoms with E-state index in [9.17, 15) is 14.7 Å². The molecule has 2 saturated carbocycles. The summed E-state index contributed by atoms with van der Waals surface area (Å²) in [6.45, 7) is 3.90. The molecule has 2 aliphatic rings. The van der Waals surface area contributed by atoms with Crippen molar-refractivity contribution >= 4 is 22.8 Å². The lowest BCUT2D eigenvalue weighted by Gasteiger charge is -2.27. The third kappa shape index (κ3) is 4.68. The Morgan fingerprint density at radius 3 is 2.40 bits per heavy atom. The number of carboxylic acid groups (broad SMARTS) is 1. The average molecular weight is 470 g/mol. The molecule has 2 N–H and O–H groups in total. The molecule has 1 atom stereocenters. The molecule has 2 aliphatic carbocycles. The molecule has 1 amide bonds. The number of aliphatic carboxylic acids is 1. The predicted molar refractivity (Wildman–Crippen MR) is 135 cm³/mol. The second kappa shape index (κ2) is 9.58. The van der Waals surface area contributed by atoms with E-state index in [4.69, 9.17) is 5.10 Å². The van der Waals surface area contributed by atoms with Gasteiger partial charge in [-0.05, 0) is 81.5 Å². The number of hydrogen-bond acceptors (Lipinski definition) is 3. The van der Waals surface area contributed by atoms with Gasteiger partial charge in [0.15, 0.2) is 0 Å². The highest BCUT2D eigenvalue weighted by atomic mass is 16.4. The van der Waals surface area contributed by atoms with Crippen molar-refractivity contribution in [3.8, 4) is 11.8 Å². The van der Waals surface area contributed by atoms with Crippen LogP contribution in [0.1, 0.15) is 91.4 Å². The molecule has 1 aromatic heterocycles. The summed E-state index contributed by atoms with van der Waals surface area (Å²) in [5.41, 5.74) is 4.74. The lowest BCUT2D eigenvalue weighted by Crippen LogP contribution is -2.39. The Balaban J connectivity index is 1.46. The molecule has 2 aromatic carbocycles. The number of aromatic nitrogens is 2. The van der Waals surface area contributed by atoms with Crippen molar-refractivity contribution in [1.29, 1.82) is 0 Å². The SMILES string of the molecule is CC#Cc1ccc(C(=O)NC2CCC(C(=O)O)CC2)c2c1cnn2C(C)c1ccc(C2CC2)cc1. The number of nitrogens with one attached hydrogen (secondary N) is 1. The standard InChI is InChI=1S/C29H31N3O3/c1-3-4-22-13-16-25(28(33)31-24-14-11-23(12-15-24)29(34)35)27-26(22)17-30-32(27)18(2)19-5-7-20(8-6-19)21-9-10-21/h5-8,13,16-18,21,23-24H,9-12,14-15H2,1-2H3,(H,31,33)(H,34,35). The van der Waals surface area contributed by atoms with Gasteiger partial charge in [-0.2, -0.15) is 5.10 Å². The highest BCUT2D eigenvalue weighted by Gasteiger charge is 2.28. The molecule has 1 heterocycles. The monoisotopic (exact) mass is 469 g/mol. The minimum atomic E-state index is -0.743. The van der Waals surface area contributed by atoms with Gasteiger partial charge in [-0.15, -0.1) is 5.92 Å². The van der Waals surface area contributed by atoms with Crippen LogP contribution in [-0.4, -0.2) is 32.8 Å². The minimum Gasteiger partial charge on any atom is -0.481 e. The van der Waals surface area contributed by atoms with Crippen LogP contribution in [0, 0.1) is 17.8 Å². The molecule has 2 fully saturated rings. The topological polar surface area (TPSA) is 84.2 Å². The fourth-order valence-electron chi connectivity index (χ4n) is 5.24. The Bertz CT molecular complexity index is 1320. The van der Waals surface area contributed by atoms with Crippen LogP contribution in [-0.2, 0) is 4.79 Å². The summed E-state index contributed by atoms with van der Waals surface area (Å²) in [6.07, 6.45) is 6.88. The fraction of sp³-hybridized carbons (Fsp3) is 0.414. The van der Waals surface area contributed by atoms with E-state index in [1.54, 1.807) is 13.1 Å². The number of nitrogens with zero attached hydrogens (tertiary/aromatic N) is 2. The molecule has 0 bridgehead atoms. The van der Waals surface area contributed by atoms with E-state index in [0.29, 0.717) is 37.2 Å². The van der Waals surface area contributed by atoms with Crippen molar-refractivity contribution in [3.63, 3.8) is 0 Å². The van der Waals surface area contributed by atoms with Gasteiger partial charge in [0.25, 0.3) is 5.91 Å². The summed E-state index contributed by atoms with van der Waals surface area (Å²) < 4.78 is 1.93. The van der Waals surface area contributed by atoms with E-state index in [-0.39, 0.29) is 23.9 Å². The van der Waals surface area contributed by atoms with Crippen LogP contribution in [0.25, 0.3) is 10.9 Å². The average Bonchev–Trinajstić information content (AvgIpc) is 3.62. The first-order valence-electron chi connectivity index (χ1n) is 12.5. The summed E-state index contributed by atoms with van der Waals surface area (Å²) >= 11 is 0. The Hall–Kier alpha value is -3.59. The maximum atomic E-state index is 13.4. The van der Waals surface area contributed by atoms with Crippen molar-refractivity contribution in [3.05, 3.63) is 64.8 Å². The summed E-state index contributed by atoms with van der Waals surface area (Å²) in [4.78, 5) is 24.7. The number of carbonyl (C=O) groups excluding carboxylic acids is 1. The van der Waals surface area contributed by atoms with Crippen molar-refractivity contribution < 1.29 is 14.7 Å². The van der Waals surface area contributed by atoms with E-state index in [1.807, 2.05) is 16.8 Å². The van der Waals surface area contributed by atoms with Crippen molar-refractivity contribution in [1.82, 2.24) is 15.1 Å². The summed E-state index contributed by atoms with van der Waals surface area (Å²) in [5, 5.41) is 18.0. The lowest BCUT2D eigenvalue weighted by atomic mass is 9.86. The summed E-state index contributed by atoms with van der Waals surface area (Å²) in [6, 6.07) is 12.4. The zero-order chi connectivity index (χ0) is 24.5. The molecule has 3 aromatic rings. The minimum absolute atomic E-state index is 0.0213. The number of rotatable bonds is 6. The normalized spacial score (nSPS) is 20.6. The van der Waals surface area contributed by atoms with Crippen LogP contribution in [0.15, 0.2) is 42.6 Å². The number of carboxylic acids is 1. The Morgan fingerprint density at radius 2 is 1.77 bits per heavy atom. The Labute approximate surface area is 205 Å². The van der Waals surface area contributed by atoms with Gasteiger partial charge in [0.05, 0.1) is 29.2 Å². The van der Waals surface area contributed by atoms with Gasteiger partial charge >= 0.3 is 5.97 Å². The smallest absolute Gasteiger partial charge is 0.306 e. The van der Waals surface area contributed by atoms with E-state index < -0.39 is 5.97 Å². The van der Waals surface area contributed by atoms with E-state index in [0.717, 1.165) is 22.0 Å². The number of carbonyl (C=O) groups is 2. The first-order valence-corrected chi connectivity index (χ1v) is 12.5. The van der Waals surface area contributed by atoms with Gasteiger partial charge < -0.3 is 10.4 Å². The zero-order valence-corrected chi connectivity index (χ0v) is 20.3. The largest absolute Gasteiger partial charge is 0.481 e. The first-order chi connectivity index (χ1) is 17.0. The molecule has 35 heavy (non-hydrogen) atoms. The molecular weight excluding hydrogens is 438 g/mol. The van der Waals surface area contributed by atoms with Crippen LogP contribution in [0.2, 0.25) is 0 Å². The zero-order valence-electron chi connectivity index (χ0n) is 20.3. The molecule has 5 rings (SSSR count). The number of amides is 1. The quantitative estimate of drug-likeness (QED) is 0.482. The third-order valence-corrected chi connectivity index (χ3v) is 7.51. The molecule has 0 saturated heterocycles. The number of benzene rings is 2. The molecule has 6 nitrogen and oxygen atoms in total. The van der Waals surface area contributed by atoms with Gasteiger partial charge in [0.1, 0.15) is 0 Å². The first kappa shape index (κ1) is 23.2. The van der Waals surface area contributed by atoms with Crippen molar-refractivity contribution in [2.45, 2.75) is 70.4 Å². The Kier molecular flexibility index (Phi) is 6.34. The van der Waals surface area contributed by atoms with E-state index >= 15 is 0 Å². The molecule has 0 aliphatic heterocycles. The summed E-state index contributed by atoms with van der Waals surface area (Å²) in [7, 11) is 0. The molecule has 1 unspecified atom stereocenters. The second-order valence-corrected chi connectivity index (χ2v) is 9.86. The number of hydrogen-bond donors (Lipinski definition) is 2. The highest BCUT2D eigenvalue weighted by molar-refractivity contribution is 6.07. The van der Waals surface area contributed by atoms with Gasteiger partial charge in [-0.1, -0.05) is 30.2 Å². The number of fused-ring (bicyclic) bond motifs is 1. The van der Waals surface area contributed by atoms with Crippen LogP contribution < -0.4 is 5.32 Å². The molecular formula is C29H31N3O3. The Morgan fingerprint density at radius 1 is 1.06 bits per heavy atom. The lowest BCUT2D eigenvalue weighted by molar-refractivity contribution is -0.142. The van der Waals surface area contributed by atoms with Gasteiger partial charge in [0.2, 0.25) is 0 Å². The highest BCUT2D eigenvalue weighted by Crippen LogP contribution is 2.40. The van der Waals surface area contributed by atoms with Crippen LogP contribution in [0.5, 0.6) is 0 Å². The predicted octanol–water partition coefficient (Wildman–Crippen LogP) is 5.27. The maximum absolute atomic E-state index is 13.4. The van der Waals surface area contributed by atoms with Gasteiger partial charge in [-0.3, -0.25) is 14.3 Å². The molecule has 6 heteroatoms. The maximum Gasteiger partial charge on any atom is 0.306 e. The third-order valence-electron chi connectivity index (χ3n) is 7.51. The fourth-order valence-corrected chi connectivity index (χ4v) is 5.24. The van der Waals surface area contributed by atoms with Crippen molar-refractivity contribution in [2.75, 3.05) is 0 Å². The van der Waals surface area contributed by atoms with Crippen molar-refractivity contribution in [2.24, 2.45) is 5.92 Å². The molecule has 0 radical (unpaired) electrons. The molecule has 0 spiro atoms. The van der Waals surface area contributed by atoms with Crippen LogP contribution >= 0.6 is 0 Å². The van der Waals surface area contributed by atoms with Gasteiger partial charge in [-0.25, -0.2) is 0 Å². The second-order valence-electron chi connectivity index (χ2n) is 9.86. The van der Waals surface area contributed by atoms with E-state index in [1.165, 1.54) is 18.4 Å². The van der Waals surface area contributed by atoms with Crippen LogP contribution in [0.4, 0.5) is 0 Å². The van der Waals surface area contributed by atoms with Gasteiger partial charge in [0, 0.05) is 17.0 Å².